The van der Waals surface area contributed by atoms with Gasteiger partial charge in [0.2, 0.25) is 0 Å². The van der Waals surface area contributed by atoms with Gasteiger partial charge in [-0.15, -0.1) is 24.0 Å². The van der Waals surface area contributed by atoms with Crippen molar-refractivity contribution in [2.24, 2.45) is 10.9 Å². The lowest BCUT2D eigenvalue weighted by Crippen LogP contribution is -2.38. The summed E-state index contributed by atoms with van der Waals surface area (Å²) >= 11 is 0. The Bertz CT molecular complexity index is 463. The van der Waals surface area contributed by atoms with Gasteiger partial charge in [-0.3, -0.25) is 4.99 Å². The van der Waals surface area contributed by atoms with Gasteiger partial charge >= 0.3 is 0 Å². The molecule has 0 aromatic heterocycles. The Balaban J connectivity index is 0.00000264. The fraction of sp³-hybridized carbons (Fsp3) is 0.611. The summed E-state index contributed by atoms with van der Waals surface area (Å²) in [4.78, 5) is 9.59. The van der Waals surface area contributed by atoms with Crippen molar-refractivity contribution in [3.05, 3.63) is 35.9 Å². The number of hydrogen-bond donors (Lipinski definition) is 1. The molecule has 0 aliphatic carbocycles. The number of nitrogens with zero attached hydrogens (tertiary/aromatic N) is 3. The third-order valence-electron chi connectivity index (χ3n) is 4.28. The standard InChI is InChI=1S/C18H30N4.HI/c1-4-19-18(20-13-17-11-12-22(5-2)15-17)21(3)14-16-9-7-6-8-10-16;/h6-10,17H,4-5,11-15H2,1-3H3,(H,19,20);1H. The predicted molar refractivity (Wildman–Crippen MR) is 110 cm³/mol. The molecule has 5 heteroatoms. The molecular formula is C18H31IN4. The van der Waals surface area contributed by atoms with Gasteiger partial charge in [-0.05, 0) is 37.9 Å². The van der Waals surface area contributed by atoms with Gasteiger partial charge in [0.25, 0.3) is 0 Å². The normalized spacial score (nSPS) is 18.6. The van der Waals surface area contributed by atoms with Crippen LogP contribution in [0.5, 0.6) is 0 Å². The highest BCUT2D eigenvalue weighted by Crippen LogP contribution is 2.16. The summed E-state index contributed by atoms with van der Waals surface area (Å²) < 4.78 is 0. The van der Waals surface area contributed by atoms with Gasteiger partial charge in [0, 0.05) is 33.2 Å². The minimum atomic E-state index is 0. The van der Waals surface area contributed by atoms with Crippen LogP contribution in [-0.4, -0.2) is 55.5 Å². The topological polar surface area (TPSA) is 30.9 Å². The molecule has 1 saturated heterocycles. The van der Waals surface area contributed by atoms with Gasteiger partial charge in [-0.2, -0.15) is 0 Å². The SMILES string of the molecule is CCNC(=NCC1CCN(CC)C1)N(C)Cc1ccccc1.I. The molecule has 2 rings (SSSR count). The van der Waals surface area contributed by atoms with E-state index in [1.54, 1.807) is 0 Å². The highest BCUT2D eigenvalue weighted by Gasteiger charge is 2.21. The lowest BCUT2D eigenvalue weighted by molar-refractivity contribution is 0.343. The third-order valence-corrected chi connectivity index (χ3v) is 4.28. The first kappa shape index (κ1) is 20.2. The summed E-state index contributed by atoms with van der Waals surface area (Å²) in [7, 11) is 2.11. The molecule has 130 valence electrons. The van der Waals surface area contributed by atoms with Crippen LogP contribution in [0.3, 0.4) is 0 Å². The van der Waals surface area contributed by atoms with Crippen LogP contribution in [0.25, 0.3) is 0 Å². The molecule has 1 aromatic carbocycles. The van der Waals surface area contributed by atoms with Crippen LogP contribution in [0, 0.1) is 5.92 Å². The second kappa shape index (κ2) is 10.9. The van der Waals surface area contributed by atoms with Crippen LogP contribution < -0.4 is 5.32 Å². The fourth-order valence-electron chi connectivity index (χ4n) is 2.97. The smallest absolute Gasteiger partial charge is 0.193 e. The molecule has 4 nitrogen and oxygen atoms in total. The van der Waals surface area contributed by atoms with Crippen LogP contribution in [0.2, 0.25) is 0 Å². The van der Waals surface area contributed by atoms with E-state index in [9.17, 15) is 0 Å². The molecular weight excluding hydrogens is 399 g/mol. The van der Waals surface area contributed by atoms with E-state index < -0.39 is 0 Å². The van der Waals surface area contributed by atoms with Gasteiger partial charge in [-0.1, -0.05) is 37.3 Å². The zero-order valence-electron chi connectivity index (χ0n) is 14.7. The maximum Gasteiger partial charge on any atom is 0.193 e. The van der Waals surface area contributed by atoms with E-state index >= 15 is 0 Å². The van der Waals surface area contributed by atoms with Crippen molar-refractivity contribution in [3.8, 4) is 0 Å². The Labute approximate surface area is 158 Å². The van der Waals surface area contributed by atoms with Crippen molar-refractivity contribution in [2.75, 3.05) is 39.8 Å². The highest BCUT2D eigenvalue weighted by molar-refractivity contribution is 14.0. The van der Waals surface area contributed by atoms with Crippen molar-refractivity contribution in [2.45, 2.75) is 26.8 Å². The molecule has 1 aliphatic heterocycles. The number of likely N-dealkylation sites (tertiary alicyclic amines) is 1. The maximum atomic E-state index is 4.87. The first-order chi connectivity index (χ1) is 10.7. The number of hydrogen-bond acceptors (Lipinski definition) is 2. The average Bonchev–Trinajstić information content (AvgIpc) is 3.00. The van der Waals surface area contributed by atoms with E-state index in [-0.39, 0.29) is 24.0 Å². The summed E-state index contributed by atoms with van der Waals surface area (Å²) in [5.74, 6) is 1.72. The number of rotatable bonds is 6. The maximum absolute atomic E-state index is 4.87. The molecule has 1 atom stereocenters. The van der Waals surface area contributed by atoms with Crippen LogP contribution in [0.1, 0.15) is 25.8 Å². The third kappa shape index (κ3) is 6.67. The number of nitrogens with one attached hydrogen (secondary N) is 1. The largest absolute Gasteiger partial charge is 0.357 e. The van der Waals surface area contributed by atoms with Gasteiger partial charge in [0.1, 0.15) is 0 Å². The Morgan fingerprint density at radius 3 is 2.65 bits per heavy atom. The lowest BCUT2D eigenvalue weighted by atomic mass is 10.1. The van der Waals surface area contributed by atoms with Gasteiger partial charge in [-0.25, -0.2) is 0 Å². The molecule has 1 N–H and O–H groups in total. The van der Waals surface area contributed by atoms with Gasteiger partial charge in [0.15, 0.2) is 5.96 Å². The molecule has 23 heavy (non-hydrogen) atoms. The van der Waals surface area contributed by atoms with Crippen LogP contribution in [0.15, 0.2) is 35.3 Å². The number of aliphatic imine (C=N–C) groups is 1. The molecule has 1 aromatic rings. The second-order valence-electron chi connectivity index (χ2n) is 6.08. The number of halogens is 1. The summed E-state index contributed by atoms with van der Waals surface area (Å²) in [6.45, 7) is 10.7. The van der Waals surface area contributed by atoms with E-state index in [4.69, 9.17) is 4.99 Å². The number of benzene rings is 1. The summed E-state index contributed by atoms with van der Waals surface area (Å²) in [5, 5.41) is 3.41. The van der Waals surface area contributed by atoms with Crippen molar-refractivity contribution < 1.29 is 0 Å². The highest BCUT2D eigenvalue weighted by atomic mass is 127. The van der Waals surface area contributed by atoms with Crippen molar-refractivity contribution in [1.29, 1.82) is 0 Å². The molecule has 0 saturated carbocycles. The fourth-order valence-corrected chi connectivity index (χ4v) is 2.97. The van der Waals surface area contributed by atoms with Crippen molar-refractivity contribution in [1.82, 2.24) is 15.1 Å². The lowest BCUT2D eigenvalue weighted by Gasteiger charge is -2.22. The summed E-state index contributed by atoms with van der Waals surface area (Å²) in [6.07, 6.45) is 1.28. The zero-order valence-corrected chi connectivity index (χ0v) is 17.0. The Kier molecular flexibility index (Phi) is 9.55. The minimum absolute atomic E-state index is 0. The van der Waals surface area contributed by atoms with Crippen molar-refractivity contribution in [3.63, 3.8) is 0 Å². The monoisotopic (exact) mass is 430 g/mol. The first-order valence-electron chi connectivity index (χ1n) is 8.48. The van der Waals surface area contributed by atoms with E-state index in [1.165, 1.54) is 25.1 Å². The summed E-state index contributed by atoms with van der Waals surface area (Å²) in [6, 6.07) is 10.6. The van der Waals surface area contributed by atoms with E-state index in [0.29, 0.717) is 5.92 Å². The average molecular weight is 430 g/mol. The Morgan fingerprint density at radius 1 is 1.30 bits per heavy atom. The van der Waals surface area contributed by atoms with Crippen LogP contribution >= 0.6 is 24.0 Å². The minimum Gasteiger partial charge on any atom is -0.357 e. The number of guanidine groups is 1. The van der Waals surface area contributed by atoms with E-state index in [0.717, 1.165) is 32.1 Å². The molecule has 0 bridgehead atoms. The Hall–Kier alpha value is -0.820. The molecule has 1 aliphatic rings. The van der Waals surface area contributed by atoms with Crippen LogP contribution in [-0.2, 0) is 6.54 Å². The first-order valence-corrected chi connectivity index (χ1v) is 8.48. The van der Waals surface area contributed by atoms with Crippen molar-refractivity contribution >= 4 is 29.9 Å². The molecule has 0 radical (unpaired) electrons. The predicted octanol–water partition coefficient (Wildman–Crippen LogP) is 3.04. The van der Waals surface area contributed by atoms with Gasteiger partial charge in [0.05, 0.1) is 0 Å². The molecule has 0 amide bonds. The molecule has 1 heterocycles. The summed E-state index contributed by atoms with van der Waals surface area (Å²) in [5.41, 5.74) is 1.31. The molecule has 1 unspecified atom stereocenters. The Morgan fingerprint density at radius 2 is 2.04 bits per heavy atom. The quantitative estimate of drug-likeness (QED) is 0.428. The van der Waals surface area contributed by atoms with Crippen LogP contribution in [0.4, 0.5) is 0 Å². The van der Waals surface area contributed by atoms with Gasteiger partial charge < -0.3 is 15.1 Å². The molecule has 0 spiro atoms. The van der Waals surface area contributed by atoms with E-state index in [2.05, 4.69) is 66.3 Å². The molecule has 1 fully saturated rings. The zero-order chi connectivity index (χ0) is 15.8. The second-order valence-corrected chi connectivity index (χ2v) is 6.08. The van der Waals surface area contributed by atoms with E-state index in [1.807, 2.05) is 0 Å².